The van der Waals surface area contributed by atoms with Crippen molar-refractivity contribution >= 4 is 23.2 Å². The molecule has 18 heavy (non-hydrogen) atoms. The average Bonchev–Trinajstić information content (AvgIpc) is 2.34. The molecule has 0 aromatic carbocycles. The van der Waals surface area contributed by atoms with E-state index in [1.54, 1.807) is 6.20 Å². The molecule has 0 N–H and O–H groups in total. The normalized spacial score (nSPS) is 10.7. The number of nitrogens with zero attached hydrogens (tertiary/aromatic N) is 3. The van der Waals surface area contributed by atoms with Gasteiger partial charge in [-0.05, 0) is 25.0 Å². The predicted molar refractivity (Wildman–Crippen MR) is 74.0 cm³/mol. The molecule has 0 atom stereocenters. The first kappa shape index (κ1) is 13.2. The maximum atomic E-state index is 6.13. The van der Waals surface area contributed by atoms with Gasteiger partial charge in [0.1, 0.15) is 16.0 Å². The van der Waals surface area contributed by atoms with E-state index in [9.17, 15) is 0 Å². The van der Waals surface area contributed by atoms with Crippen LogP contribution in [0.3, 0.4) is 0 Å². The highest BCUT2D eigenvalue weighted by molar-refractivity contribution is 6.34. The van der Waals surface area contributed by atoms with Gasteiger partial charge in [0.25, 0.3) is 0 Å². The van der Waals surface area contributed by atoms with Gasteiger partial charge in [0.2, 0.25) is 0 Å². The molecule has 0 saturated heterocycles. The highest BCUT2D eigenvalue weighted by Crippen LogP contribution is 2.25. The van der Waals surface area contributed by atoms with Crippen molar-refractivity contribution in [3.05, 3.63) is 39.8 Å². The second kappa shape index (κ2) is 5.63. The zero-order valence-corrected chi connectivity index (χ0v) is 11.8. The van der Waals surface area contributed by atoms with E-state index in [1.165, 1.54) is 0 Å². The number of hydrogen-bond acceptors (Lipinski definition) is 3. The fourth-order valence-corrected chi connectivity index (χ4v) is 2.18. The minimum absolute atomic E-state index is 0.411. The Hall–Kier alpha value is -1.19. The maximum absolute atomic E-state index is 6.13. The summed E-state index contributed by atoms with van der Waals surface area (Å²) in [5.74, 6) is 0.463. The molecule has 0 saturated carbocycles. The quantitative estimate of drug-likeness (QED) is 0.795. The lowest BCUT2D eigenvalue weighted by molar-refractivity contribution is 0.902. The third-order valence-corrected chi connectivity index (χ3v) is 3.17. The van der Waals surface area contributed by atoms with E-state index < -0.39 is 0 Å². The first-order valence-corrected chi connectivity index (χ1v) is 6.52. The van der Waals surface area contributed by atoms with E-state index in [0.717, 1.165) is 24.0 Å². The van der Waals surface area contributed by atoms with Gasteiger partial charge in [0, 0.05) is 11.8 Å². The molecule has 0 aliphatic rings. The number of hydrogen-bond donors (Lipinski definition) is 0. The zero-order chi connectivity index (χ0) is 13.1. The van der Waals surface area contributed by atoms with Crippen molar-refractivity contribution < 1.29 is 0 Å². The fourth-order valence-electron chi connectivity index (χ4n) is 1.60. The van der Waals surface area contributed by atoms with Crippen molar-refractivity contribution in [2.75, 3.05) is 0 Å². The molecule has 5 heteroatoms. The van der Waals surface area contributed by atoms with E-state index in [0.29, 0.717) is 21.8 Å². The molecule has 0 aliphatic heterocycles. The number of rotatable bonds is 3. The van der Waals surface area contributed by atoms with Gasteiger partial charge < -0.3 is 0 Å². The summed E-state index contributed by atoms with van der Waals surface area (Å²) in [7, 11) is 0. The van der Waals surface area contributed by atoms with E-state index in [1.807, 2.05) is 19.1 Å². The summed E-state index contributed by atoms with van der Waals surface area (Å²) in [4.78, 5) is 12.8. The van der Waals surface area contributed by atoms with Gasteiger partial charge in [-0.2, -0.15) is 0 Å². The topological polar surface area (TPSA) is 38.7 Å². The van der Waals surface area contributed by atoms with Crippen LogP contribution in [0, 0.1) is 6.92 Å². The Bertz CT molecular complexity index is 530. The SMILES string of the molecule is CCCc1c(Cl)nc(-c2ccc(C)cn2)nc1Cl. The molecule has 0 unspecified atom stereocenters. The summed E-state index contributed by atoms with van der Waals surface area (Å²) in [6.07, 6.45) is 3.49. The molecular weight excluding hydrogens is 269 g/mol. The monoisotopic (exact) mass is 281 g/mol. The van der Waals surface area contributed by atoms with Gasteiger partial charge in [-0.1, -0.05) is 42.6 Å². The molecule has 0 amide bonds. The summed E-state index contributed by atoms with van der Waals surface area (Å²) < 4.78 is 0. The molecule has 0 spiro atoms. The fraction of sp³-hybridized carbons (Fsp3) is 0.308. The number of aryl methyl sites for hydroxylation is 1. The maximum Gasteiger partial charge on any atom is 0.181 e. The Labute approximate surface area is 116 Å². The molecular formula is C13H13Cl2N3. The van der Waals surface area contributed by atoms with Crippen LogP contribution in [0.4, 0.5) is 0 Å². The smallest absolute Gasteiger partial charge is 0.181 e. The molecule has 2 rings (SSSR count). The molecule has 2 aromatic rings. The van der Waals surface area contributed by atoms with Gasteiger partial charge in [0.15, 0.2) is 5.82 Å². The van der Waals surface area contributed by atoms with Gasteiger partial charge in [-0.25, -0.2) is 9.97 Å². The van der Waals surface area contributed by atoms with E-state index in [-0.39, 0.29) is 0 Å². The Kier molecular flexibility index (Phi) is 4.15. The van der Waals surface area contributed by atoms with Gasteiger partial charge in [-0.3, -0.25) is 4.98 Å². The first-order chi connectivity index (χ1) is 8.61. The summed E-state index contributed by atoms with van der Waals surface area (Å²) in [5, 5.41) is 0.823. The van der Waals surface area contributed by atoms with Crippen molar-refractivity contribution in [2.24, 2.45) is 0 Å². The Balaban J connectivity index is 2.44. The minimum Gasteiger partial charge on any atom is -0.253 e. The van der Waals surface area contributed by atoms with E-state index in [4.69, 9.17) is 23.2 Å². The van der Waals surface area contributed by atoms with Crippen molar-refractivity contribution in [1.82, 2.24) is 15.0 Å². The van der Waals surface area contributed by atoms with Crippen LogP contribution >= 0.6 is 23.2 Å². The number of halogens is 2. The van der Waals surface area contributed by atoms with Crippen LogP contribution < -0.4 is 0 Å². The Morgan fingerprint density at radius 3 is 2.28 bits per heavy atom. The first-order valence-electron chi connectivity index (χ1n) is 5.76. The lowest BCUT2D eigenvalue weighted by Crippen LogP contribution is -1.98. The van der Waals surface area contributed by atoms with E-state index >= 15 is 0 Å². The molecule has 0 bridgehead atoms. The lowest BCUT2D eigenvalue weighted by Gasteiger charge is -2.07. The van der Waals surface area contributed by atoms with Crippen LogP contribution in [0.1, 0.15) is 24.5 Å². The lowest BCUT2D eigenvalue weighted by atomic mass is 10.2. The largest absolute Gasteiger partial charge is 0.253 e. The second-order valence-electron chi connectivity index (χ2n) is 4.08. The Morgan fingerprint density at radius 1 is 1.11 bits per heavy atom. The van der Waals surface area contributed by atoms with Crippen molar-refractivity contribution in [3.8, 4) is 11.5 Å². The van der Waals surface area contributed by atoms with E-state index in [2.05, 4.69) is 21.9 Å². The minimum atomic E-state index is 0.411. The number of pyridine rings is 1. The average molecular weight is 282 g/mol. The molecule has 94 valence electrons. The van der Waals surface area contributed by atoms with Crippen molar-refractivity contribution in [1.29, 1.82) is 0 Å². The van der Waals surface area contributed by atoms with Gasteiger partial charge in [-0.15, -0.1) is 0 Å². The molecule has 0 aliphatic carbocycles. The van der Waals surface area contributed by atoms with Crippen LogP contribution in [-0.4, -0.2) is 15.0 Å². The standard InChI is InChI=1S/C13H13Cl2N3/c1-3-4-9-11(14)17-13(18-12(9)15)10-6-5-8(2)7-16-10/h5-7H,3-4H2,1-2H3. The summed E-state index contributed by atoms with van der Waals surface area (Å²) in [6.45, 7) is 4.03. The highest BCUT2D eigenvalue weighted by atomic mass is 35.5. The second-order valence-corrected chi connectivity index (χ2v) is 4.79. The predicted octanol–water partition coefficient (Wildman–Crippen LogP) is 4.11. The zero-order valence-electron chi connectivity index (χ0n) is 10.2. The molecule has 3 nitrogen and oxygen atoms in total. The summed E-state index contributed by atoms with van der Waals surface area (Å²) in [6, 6.07) is 3.81. The number of aromatic nitrogens is 3. The molecule has 2 aromatic heterocycles. The van der Waals surface area contributed by atoms with Crippen LogP contribution in [0.15, 0.2) is 18.3 Å². The molecule has 0 radical (unpaired) electrons. The van der Waals surface area contributed by atoms with Crippen molar-refractivity contribution in [3.63, 3.8) is 0 Å². The van der Waals surface area contributed by atoms with Crippen molar-refractivity contribution in [2.45, 2.75) is 26.7 Å². The molecule has 0 fully saturated rings. The summed E-state index contributed by atoms with van der Waals surface area (Å²) >= 11 is 12.3. The van der Waals surface area contributed by atoms with Crippen LogP contribution in [-0.2, 0) is 6.42 Å². The van der Waals surface area contributed by atoms with Crippen LogP contribution in [0.25, 0.3) is 11.5 Å². The van der Waals surface area contributed by atoms with Crippen LogP contribution in [0.5, 0.6) is 0 Å². The highest BCUT2D eigenvalue weighted by Gasteiger charge is 2.12. The Morgan fingerprint density at radius 2 is 1.78 bits per heavy atom. The molecule has 2 heterocycles. The van der Waals surface area contributed by atoms with Gasteiger partial charge in [0.05, 0.1) is 0 Å². The van der Waals surface area contributed by atoms with Gasteiger partial charge >= 0.3 is 0 Å². The third kappa shape index (κ3) is 2.79. The van der Waals surface area contributed by atoms with Crippen LogP contribution in [0.2, 0.25) is 10.3 Å². The summed E-state index contributed by atoms with van der Waals surface area (Å²) in [5.41, 5.74) is 2.56. The third-order valence-electron chi connectivity index (χ3n) is 2.55.